The molecule has 5 rings (SSSR count). The normalized spacial score (nSPS) is 43.2. The van der Waals surface area contributed by atoms with Crippen LogP contribution in [0.3, 0.4) is 0 Å². The lowest BCUT2D eigenvalue weighted by atomic mass is 9.49. The highest BCUT2D eigenvalue weighted by Crippen LogP contribution is 2.60. The second-order valence-electron chi connectivity index (χ2n) is 6.76. The maximum atomic E-state index is 5.65. The van der Waals surface area contributed by atoms with E-state index < -0.39 is 0 Å². The van der Waals surface area contributed by atoms with Gasteiger partial charge in [-0.3, -0.25) is 0 Å². The summed E-state index contributed by atoms with van der Waals surface area (Å²) >= 11 is 0. The van der Waals surface area contributed by atoms with Gasteiger partial charge in [-0.1, -0.05) is 5.21 Å². The van der Waals surface area contributed by atoms with Crippen LogP contribution in [-0.4, -0.2) is 15.0 Å². The van der Waals surface area contributed by atoms with E-state index in [0.29, 0.717) is 11.2 Å². The summed E-state index contributed by atoms with van der Waals surface area (Å²) in [4.78, 5) is 0. The molecule has 4 fully saturated rings. The van der Waals surface area contributed by atoms with Crippen LogP contribution in [-0.2, 0) is 6.54 Å². The minimum atomic E-state index is 0.523. The molecule has 2 N–H and O–H groups in total. The van der Waals surface area contributed by atoms with Crippen molar-refractivity contribution in [1.82, 2.24) is 15.0 Å². The zero-order valence-corrected chi connectivity index (χ0v) is 10.2. The van der Waals surface area contributed by atoms with Crippen molar-refractivity contribution >= 4 is 5.82 Å². The summed E-state index contributed by atoms with van der Waals surface area (Å²) in [6.45, 7) is 1.04. The van der Waals surface area contributed by atoms with Crippen LogP contribution in [0, 0.1) is 23.2 Å². The van der Waals surface area contributed by atoms with Crippen LogP contribution in [0.4, 0.5) is 5.82 Å². The van der Waals surface area contributed by atoms with Gasteiger partial charge in [-0.05, 0) is 61.7 Å². The third-order valence-electron chi connectivity index (χ3n) is 5.22. The van der Waals surface area contributed by atoms with Gasteiger partial charge in [0.1, 0.15) is 0 Å². The highest BCUT2D eigenvalue weighted by molar-refractivity contribution is 5.20. The summed E-state index contributed by atoms with van der Waals surface area (Å²) in [5.41, 5.74) is 6.17. The predicted molar refractivity (Wildman–Crippen MR) is 65.0 cm³/mol. The fourth-order valence-electron chi connectivity index (χ4n) is 5.22. The Balaban J connectivity index is 1.60. The van der Waals surface area contributed by atoms with E-state index in [9.17, 15) is 0 Å². The van der Waals surface area contributed by atoms with Crippen LogP contribution in [0.2, 0.25) is 0 Å². The maximum Gasteiger partial charge on any atom is 0.165 e. The van der Waals surface area contributed by atoms with Gasteiger partial charge in [-0.15, -0.1) is 5.10 Å². The van der Waals surface area contributed by atoms with Crippen LogP contribution in [0.1, 0.15) is 38.5 Å². The summed E-state index contributed by atoms with van der Waals surface area (Å²) < 4.78 is 1.97. The Bertz CT molecular complexity index is 401. The van der Waals surface area contributed by atoms with Crippen molar-refractivity contribution in [3.63, 3.8) is 0 Å². The van der Waals surface area contributed by atoms with E-state index in [1.807, 2.05) is 10.9 Å². The fourth-order valence-corrected chi connectivity index (χ4v) is 5.22. The molecule has 4 aliphatic carbocycles. The number of nitrogens with zero attached hydrogens (tertiary/aromatic N) is 3. The van der Waals surface area contributed by atoms with Crippen molar-refractivity contribution in [1.29, 1.82) is 0 Å². The van der Waals surface area contributed by atoms with Crippen molar-refractivity contribution in [2.45, 2.75) is 45.1 Å². The first-order valence-electron chi connectivity index (χ1n) is 6.86. The average molecular weight is 232 g/mol. The van der Waals surface area contributed by atoms with Gasteiger partial charge in [0.15, 0.2) is 5.82 Å². The van der Waals surface area contributed by atoms with Crippen LogP contribution < -0.4 is 5.73 Å². The SMILES string of the molecule is Nc1cn(CC23CC4CC(CC(C4)C2)C3)nn1. The number of rotatable bonds is 2. The zero-order chi connectivity index (χ0) is 11.5. The van der Waals surface area contributed by atoms with Gasteiger partial charge >= 0.3 is 0 Å². The largest absolute Gasteiger partial charge is 0.381 e. The third-order valence-corrected chi connectivity index (χ3v) is 5.22. The van der Waals surface area contributed by atoms with E-state index in [4.69, 9.17) is 5.73 Å². The molecule has 1 heterocycles. The molecule has 0 aliphatic heterocycles. The lowest BCUT2D eigenvalue weighted by molar-refractivity contribution is -0.0637. The number of hydrogen-bond donors (Lipinski definition) is 1. The smallest absolute Gasteiger partial charge is 0.165 e. The number of hydrogen-bond acceptors (Lipinski definition) is 3. The molecule has 4 aliphatic rings. The molecule has 0 spiro atoms. The second kappa shape index (κ2) is 3.24. The number of nitrogen functional groups attached to an aromatic ring is 1. The van der Waals surface area contributed by atoms with E-state index in [0.717, 1.165) is 24.3 Å². The van der Waals surface area contributed by atoms with Gasteiger partial charge < -0.3 is 5.73 Å². The summed E-state index contributed by atoms with van der Waals surface area (Å²) in [6.07, 6.45) is 10.6. The van der Waals surface area contributed by atoms with E-state index in [2.05, 4.69) is 10.3 Å². The van der Waals surface area contributed by atoms with E-state index in [1.54, 1.807) is 0 Å². The molecule has 1 aromatic heterocycles. The number of aromatic nitrogens is 3. The van der Waals surface area contributed by atoms with Crippen molar-refractivity contribution in [3.8, 4) is 0 Å². The Morgan fingerprint density at radius 3 is 2.24 bits per heavy atom. The Morgan fingerprint density at radius 1 is 1.18 bits per heavy atom. The van der Waals surface area contributed by atoms with Crippen molar-refractivity contribution in [2.24, 2.45) is 23.2 Å². The van der Waals surface area contributed by atoms with Crippen molar-refractivity contribution in [3.05, 3.63) is 6.20 Å². The van der Waals surface area contributed by atoms with Crippen molar-refractivity contribution in [2.75, 3.05) is 5.73 Å². The monoisotopic (exact) mass is 232 g/mol. The Kier molecular flexibility index (Phi) is 1.89. The van der Waals surface area contributed by atoms with Gasteiger partial charge in [0.05, 0.1) is 6.20 Å². The van der Waals surface area contributed by atoms with E-state index in [-0.39, 0.29) is 0 Å². The minimum Gasteiger partial charge on any atom is -0.381 e. The molecule has 17 heavy (non-hydrogen) atoms. The highest BCUT2D eigenvalue weighted by Gasteiger charge is 2.50. The highest BCUT2D eigenvalue weighted by atomic mass is 15.4. The molecular formula is C13H20N4. The lowest BCUT2D eigenvalue weighted by Gasteiger charge is -2.56. The maximum absolute atomic E-state index is 5.65. The zero-order valence-electron chi connectivity index (χ0n) is 10.2. The molecule has 4 saturated carbocycles. The van der Waals surface area contributed by atoms with E-state index >= 15 is 0 Å². The second-order valence-corrected chi connectivity index (χ2v) is 6.76. The topological polar surface area (TPSA) is 56.7 Å². The molecule has 0 amide bonds. The molecule has 0 aromatic carbocycles. The predicted octanol–water partition coefficient (Wildman–Crippen LogP) is 2.08. The summed E-state index contributed by atoms with van der Waals surface area (Å²) in [5, 5.41) is 8.04. The summed E-state index contributed by atoms with van der Waals surface area (Å²) in [6, 6.07) is 0. The Morgan fingerprint density at radius 2 is 1.76 bits per heavy atom. The van der Waals surface area contributed by atoms with Gasteiger partial charge in [-0.25, -0.2) is 4.68 Å². The minimum absolute atomic E-state index is 0.523. The molecule has 4 bridgehead atoms. The Hall–Kier alpha value is -1.06. The van der Waals surface area contributed by atoms with Crippen LogP contribution in [0.25, 0.3) is 0 Å². The average Bonchev–Trinajstić information content (AvgIpc) is 2.60. The van der Waals surface area contributed by atoms with Gasteiger partial charge in [-0.2, -0.15) is 0 Å². The molecule has 0 unspecified atom stereocenters. The molecular weight excluding hydrogens is 212 g/mol. The summed E-state index contributed by atoms with van der Waals surface area (Å²) in [7, 11) is 0. The molecule has 4 heteroatoms. The lowest BCUT2D eigenvalue weighted by Crippen LogP contribution is -2.48. The summed E-state index contributed by atoms with van der Waals surface area (Å²) in [5.74, 6) is 3.56. The molecule has 0 saturated heterocycles. The van der Waals surface area contributed by atoms with Gasteiger partial charge in [0.25, 0.3) is 0 Å². The number of nitrogens with two attached hydrogens (primary N) is 1. The first-order valence-corrected chi connectivity index (χ1v) is 6.86. The van der Waals surface area contributed by atoms with Crippen LogP contribution in [0.5, 0.6) is 0 Å². The molecule has 0 radical (unpaired) electrons. The molecule has 0 atom stereocenters. The fraction of sp³-hybridized carbons (Fsp3) is 0.846. The van der Waals surface area contributed by atoms with Crippen LogP contribution in [0.15, 0.2) is 6.20 Å². The van der Waals surface area contributed by atoms with Crippen molar-refractivity contribution < 1.29 is 0 Å². The van der Waals surface area contributed by atoms with Crippen LogP contribution >= 0.6 is 0 Å². The number of anilines is 1. The first kappa shape index (κ1) is 9.92. The van der Waals surface area contributed by atoms with Gasteiger partial charge in [0.2, 0.25) is 0 Å². The third kappa shape index (κ3) is 1.57. The first-order chi connectivity index (χ1) is 8.21. The van der Waals surface area contributed by atoms with Gasteiger partial charge in [0, 0.05) is 6.54 Å². The molecule has 92 valence electrons. The Labute approximate surface area is 102 Å². The molecule has 4 nitrogen and oxygen atoms in total. The van der Waals surface area contributed by atoms with E-state index in [1.165, 1.54) is 38.5 Å². The molecule has 1 aromatic rings. The standard InChI is InChI=1S/C13H20N4/c14-12-7-17(16-15-12)8-13-4-9-1-10(5-13)3-11(2-9)6-13/h7,9-11H,1-6,8,14H2. The quantitative estimate of drug-likeness (QED) is 0.849.